The van der Waals surface area contributed by atoms with Gasteiger partial charge in [0.1, 0.15) is 0 Å². The van der Waals surface area contributed by atoms with Crippen LogP contribution in [0.15, 0.2) is 11.0 Å². The van der Waals surface area contributed by atoms with Gasteiger partial charge in [0.05, 0.1) is 6.42 Å². The van der Waals surface area contributed by atoms with Crippen LogP contribution in [0.4, 0.5) is 17.6 Å². The molecule has 0 amide bonds. The van der Waals surface area contributed by atoms with Gasteiger partial charge in [0.15, 0.2) is 28.2 Å². The lowest BCUT2D eigenvalue weighted by Crippen LogP contribution is -2.31. The molecule has 0 atom stereocenters. The summed E-state index contributed by atoms with van der Waals surface area (Å²) in [4.78, 5) is 8.53. The molecule has 1 rings (SSSR count). The maximum atomic E-state index is 13.4. The zero-order valence-corrected chi connectivity index (χ0v) is 10.8. The largest absolute Gasteiger partial charge is 0.481 e. The van der Waals surface area contributed by atoms with Crippen LogP contribution >= 0.6 is 0 Å². The highest BCUT2D eigenvalue weighted by atomic mass is 32.2. The van der Waals surface area contributed by atoms with Crippen molar-refractivity contribution in [2.75, 3.05) is 13.6 Å². The summed E-state index contributed by atoms with van der Waals surface area (Å²) in [6.07, 6.45) is -0.642. The Hall–Kier alpha value is -1.68. The number of aliphatic carboxylic acids is 1. The Morgan fingerprint density at radius 3 is 2.05 bits per heavy atom. The van der Waals surface area contributed by atoms with Crippen molar-refractivity contribution < 1.29 is 35.9 Å². The van der Waals surface area contributed by atoms with E-state index >= 15 is 0 Å². The van der Waals surface area contributed by atoms with Crippen LogP contribution in [0.5, 0.6) is 0 Å². The lowest BCUT2D eigenvalue weighted by molar-refractivity contribution is -0.137. The summed E-state index contributed by atoms with van der Waals surface area (Å²) in [5.41, 5.74) is 0. The summed E-state index contributed by atoms with van der Waals surface area (Å²) in [5, 5.41) is 8.41. The number of nitrogens with zero attached hydrogens (tertiary/aromatic N) is 1. The average molecular weight is 315 g/mol. The highest BCUT2D eigenvalue weighted by molar-refractivity contribution is 7.89. The van der Waals surface area contributed by atoms with Crippen LogP contribution in [0.2, 0.25) is 0 Å². The number of benzene rings is 1. The Morgan fingerprint density at radius 1 is 1.20 bits per heavy atom. The Morgan fingerprint density at radius 2 is 1.65 bits per heavy atom. The van der Waals surface area contributed by atoms with Crippen LogP contribution in [0.3, 0.4) is 0 Å². The lowest BCUT2D eigenvalue weighted by Gasteiger charge is -2.17. The molecule has 20 heavy (non-hydrogen) atoms. The number of rotatable bonds is 5. The number of carbonyl (C=O) groups is 1. The fraction of sp³-hybridized carbons (Fsp3) is 0.300. The standard InChI is InChI=1S/C10H9F4NO4S/c1-15(3-2-7(16)17)20(18,19)10-8(13)5(11)4-6(12)9(10)14/h4H,2-3H2,1H3,(H,16,17). The number of carboxylic acids is 1. The number of halogens is 4. The number of hydrogen-bond acceptors (Lipinski definition) is 3. The van der Waals surface area contributed by atoms with Gasteiger partial charge in [-0.1, -0.05) is 0 Å². The molecule has 0 fully saturated rings. The van der Waals surface area contributed by atoms with Crippen LogP contribution in [0.25, 0.3) is 0 Å². The first-order valence-electron chi connectivity index (χ1n) is 5.10. The Labute approximate surface area is 111 Å². The molecular weight excluding hydrogens is 306 g/mol. The monoisotopic (exact) mass is 315 g/mol. The van der Waals surface area contributed by atoms with E-state index in [1.165, 1.54) is 0 Å². The topological polar surface area (TPSA) is 74.7 Å². The molecule has 0 bridgehead atoms. The summed E-state index contributed by atoms with van der Waals surface area (Å²) >= 11 is 0. The van der Waals surface area contributed by atoms with Gasteiger partial charge in [0.25, 0.3) is 0 Å². The quantitative estimate of drug-likeness (QED) is 0.657. The molecule has 112 valence electrons. The summed E-state index contributed by atoms with van der Waals surface area (Å²) < 4.78 is 76.6. The van der Waals surface area contributed by atoms with E-state index in [0.29, 0.717) is 4.31 Å². The molecule has 5 nitrogen and oxygen atoms in total. The molecule has 0 radical (unpaired) electrons. The second kappa shape index (κ2) is 5.75. The SMILES string of the molecule is CN(CCC(=O)O)S(=O)(=O)c1c(F)c(F)cc(F)c1F. The van der Waals surface area contributed by atoms with Gasteiger partial charge < -0.3 is 5.11 Å². The second-order valence-electron chi connectivity index (χ2n) is 3.77. The van der Waals surface area contributed by atoms with Crippen LogP contribution < -0.4 is 0 Å². The first-order valence-corrected chi connectivity index (χ1v) is 6.54. The Balaban J connectivity index is 3.32. The molecule has 0 spiro atoms. The lowest BCUT2D eigenvalue weighted by atomic mass is 10.3. The van der Waals surface area contributed by atoms with Crippen molar-refractivity contribution in [3.05, 3.63) is 29.3 Å². The van der Waals surface area contributed by atoms with E-state index in [1.54, 1.807) is 0 Å². The molecule has 1 N–H and O–H groups in total. The zero-order valence-electron chi connectivity index (χ0n) is 10.0. The third-order valence-corrected chi connectivity index (χ3v) is 4.26. The van der Waals surface area contributed by atoms with E-state index in [-0.39, 0.29) is 6.07 Å². The molecule has 0 aromatic heterocycles. The highest BCUT2D eigenvalue weighted by Gasteiger charge is 2.32. The van der Waals surface area contributed by atoms with Gasteiger partial charge in [-0.25, -0.2) is 30.3 Å². The minimum Gasteiger partial charge on any atom is -0.481 e. The van der Waals surface area contributed by atoms with Gasteiger partial charge in [-0.15, -0.1) is 0 Å². The van der Waals surface area contributed by atoms with Crippen molar-refractivity contribution in [2.45, 2.75) is 11.3 Å². The Bertz CT molecular complexity index is 621. The van der Waals surface area contributed by atoms with Crippen LogP contribution in [-0.4, -0.2) is 37.4 Å². The van der Waals surface area contributed by atoms with Crippen LogP contribution in [-0.2, 0) is 14.8 Å². The fourth-order valence-electron chi connectivity index (χ4n) is 1.31. The highest BCUT2D eigenvalue weighted by Crippen LogP contribution is 2.26. The minimum atomic E-state index is -4.90. The van der Waals surface area contributed by atoms with Crippen molar-refractivity contribution in [3.8, 4) is 0 Å². The van der Waals surface area contributed by atoms with Crippen molar-refractivity contribution in [2.24, 2.45) is 0 Å². The fourth-order valence-corrected chi connectivity index (χ4v) is 2.60. The van der Waals surface area contributed by atoms with Crippen LogP contribution in [0.1, 0.15) is 6.42 Å². The number of carboxylic acid groups (broad SMARTS) is 1. The van der Waals surface area contributed by atoms with Gasteiger partial charge in [-0.05, 0) is 0 Å². The number of hydrogen-bond donors (Lipinski definition) is 1. The molecule has 10 heteroatoms. The number of sulfonamides is 1. The predicted octanol–water partition coefficient (Wildman–Crippen LogP) is 1.34. The van der Waals surface area contributed by atoms with E-state index < -0.39 is 57.1 Å². The molecular formula is C10H9F4NO4S. The molecule has 0 unspecified atom stereocenters. The van der Waals surface area contributed by atoms with Crippen molar-refractivity contribution in [1.82, 2.24) is 4.31 Å². The van der Waals surface area contributed by atoms with E-state index in [1.807, 2.05) is 0 Å². The summed E-state index contributed by atoms with van der Waals surface area (Å²) in [6.45, 7) is -0.616. The van der Waals surface area contributed by atoms with Crippen molar-refractivity contribution >= 4 is 16.0 Å². The van der Waals surface area contributed by atoms with E-state index in [4.69, 9.17) is 5.11 Å². The first kappa shape index (κ1) is 16.4. The minimum absolute atomic E-state index is 0.124. The first-order chi connectivity index (χ1) is 9.09. The maximum absolute atomic E-state index is 13.4. The smallest absolute Gasteiger partial charge is 0.304 e. The Kier molecular flexibility index (Phi) is 4.71. The molecule has 0 aliphatic heterocycles. The summed E-state index contributed by atoms with van der Waals surface area (Å²) in [6, 6.07) is -0.124. The normalized spacial score (nSPS) is 11.9. The summed E-state index contributed by atoms with van der Waals surface area (Å²) in [5.74, 6) is -9.21. The van der Waals surface area contributed by atoms with E-state index in [2.05, 4.69) is 0 Å². The molecule has 0 aliphatic carbocycles. The maximum Gasteiger partial charge on any atom is 0.304 e. The van der Waals surface area contributed by atoms with Gasteiger partial charge >= 0.3 is 5.97 Å². The molecule has 0 heterocycles. The molecule has 1 aromatic rings. The van der Waals surface area contributed by atoms with Gasteiger partial charge in [0, 0.05) is 19.7 Å². The third kappa shape index (κ3) is 3.07. The van der Waals surface area contributed by atoms with Gasteiger partial charge in [-0.3, -0.25) is 4.79 Å². The molecule has 1 aromatic carbocycles. The molecule has 0 saturated carbocycles. The predicted molar refractivity (Wildman–Crippen MR) is 58.3 cm³/mol. The van der Waals surface area contributed by atoms with Crippen LogP contribution in [0, 0.1) is 23.3 Å². The molecule has 0 aliphatic rings. The van der Waals surface area contributed by atoms with Crippen molar-refractivity contribution in [3.63, 3.8) is 0 Å². The summed E-state index contributed by atoms with van der Waals surface area (Å²) in [7, 11) is -4.07. The zero-order chi connectivity index (χ0) is 15.7. The van der Waals surface area contributed by atoms with Gasteiger partial charge in [0.2, 0.25) is 10.0 Å². The molecule has 0 saturated heterocycles. The van der Waals surface area contributed by atoms with Crippen molar-refractivity contribution in [1.29, 1.82) is 0 Å². The van der Waals surface area contributed by atoms with E-state index in [9.17, 15) is 30.8 Å². The van der Waals surface area contributed by atoms with Gasteiger partial charge in [-0.2, -0.15) is 0 Å². The van der Waals surface area contributed by atoms with E-state index in [0.717, 1.165) is 7.05 Å². The third-order valence-electron chi connectivity index (χ3n) is 2.38. The average Bonchev–Trinajstić information content (AvgIpc) is 2.33. The second-order valence-corrected chi connectivity index (χ2v) is 5.75.